The van der Waals surface area contributed by atoms with E-state index in [-0.39, 0.29) is 19.6 Å². The van der Waals surface area contributed by atoms with Gasteiger partial charge in [-0.3, -0.25) is 13.8 Å². The fourth-order valence-corrected chi connectivity index (χ4v) is 5.75. The molecule has 0 bridgehead atoms. The molecule has 0 rings (SSSR count). The number of hydrogen-bond acceptors (Lipinski definition) is 7. The molecule has 0 aromatic heterocycles. The number of phosphoric ester groups is 1. The van der Waals surface area contributed by atoms with Gasteiger partial charge in [-0.05, 0) is 44.9 Å². The van der Waals surface area contributed by atoms with Crippen LogP contribution in [0.1, 0.15) is 149 Å². The van der Waals surface area contributed by atoms with Crippen LogP contribution in [0.25, 0.3) is 0 Å². The summed E-state index contributed by atoms with van der Waals surface area (Å²) in [6, 6.07) is -0.986. The van der Waals surface area contributed by atoms with Crippen LogP contribution in [0, 0.1) is 0 Å². The summed E-state index contributed by atoms with van der Waals surface area (Å²) < 4.78 is 21.9. The number of allylic oxidation sites excluding steroid dienone is 5. The molecule has 270 valence electrons. The van der Waals surface area contributed by atoms with Crippen LogP contribution in [0.5, 0.6) is 0 Å². The second kappa shape index (κ2) is 32.2. The lowest BCUT2D eigenvalue weighted by Crippen LogP contribution is -2.46. The zero-order chi connectivity index (χ0) is 34.1. The number of nitrogens with two attached hydrogens (primary N) is 1. The quantitative estimate of drug-likeness (QED) is 0.0203. The van der Waals surface area contributed by atoms with Crippen LogP contribution in [0.4, 0.5) is 0 Å². The van der Waals surface area contributed by atoms with Crippen LogP contribution in [-0.4, -0.2) is 59.0 Å². The van der Waals surface area contributed by atoms with Crippen molar-refractivity contribution in [3.8, 4) is 0 Å². The normalized spacial score (nSPS) is 15.5. The summed E-state index contributed by atoms with van der Waals surface area (Å²) in [5.74, 6) is -0.462. The molecule has 0 spiro atoms. The number of carbonyl (C=O) groups is 1. The third-order valence-corrected chi connectivity index (χ3v) is 8.78. The molecule has 0 aromatic rings. The maximum atomic E-state index is 12.7. The van der Waals surface area contributed by atoms with Gasteiger partial charge in [-0.2, -0.15) is 0 Å². The molecule has 0 radical (unpaired) electrons. The van der Waals surface area contributed by atoms with Crippen molar-refractivity contribution < 1.29 is 33.5 Å². The standard InChI is InChI=1S/C36H69N2O7P/c1-3-5-7-9-11-13-15-16-18-19-21-23-25-27-33(39)31-36(41)38-34(32-45-46(42,43)44-30-29-37)35(40)28-26-24-22-20-17-14-12-10-8-6-4-2/h11,13,15-16,26,28,33-35,39-40H,3-10,12,14,17-25,27,29-32,37H2,1-2H3,(H,38,41)(H,42,43)/b13-11-,16-15-,28-26+. The van der Waals surface area contributed by atoms with Crippen LogP contribution < -0.4 is 11.1 Å². The summed E-state index contributed by atoms with van der Waals surface area (Å²) in [7, 11) is -4.39. The number of aliphatic hydroxyl groups excluding tert-OH is 2. The Morgan fingerprint density at radius 1 is 0.761 bits per heavy atom. The molecule has 6 N–H and O–H groups in total. The molecule has 4 atom stereocenters. The highest BCUT2D eigenvalue weighted by molar-refractivity contribution is 7.47. The number of aliphatic hydroxyl groups is 2. The molecule has 0 aliphatic rings. The number of unbranched alkanes of at least 4 members (excludes halogenated alkanes) is 16. The summed E-state index contributed by atoms with van der Waals surface area (Å²) in [5, 5.41) is 23.8. The Hall–Kier alpha value is -1.32. The van der Waals surface area contributed by atoms with Crippen LogP contribution in [0.15, 0.2) is 36.5 Å². The summed E-state index contributed by atoms with van der Waals surface area (Å²) in [6.07, 6.45) is 32.3. The van der Waals surface area contributed by atoms with Gasteiger partial charge in [-0.25, -0.2) is 4.57 Å². The van der Waals surface area contributed by atoms with Gasteiger partial charge in [0.25, 0.3) is 0 Å². The topological polar surface area (TPSA) is 151 Å². The van der Waals surface area contributed by atoms with E-state index in [0.29, 0.717) is 6.42 Å². The predicted molar refractivity (Wildman–Crippen MR) is 190 cm³/mol. The van der Waals surface area contributed by atoms with Crippen LogP contribution in [-0.2, 0) is 18.4 Å². The van der Waals surface area contributed by atoms with Crippen molar-refractivity contribution >= 4 is 13.7 Å². The van der Waals surface area contributed by atoms with Crippen molar-refractivity contribution in [3.63, 3.8) is 0 Å². The number of carbonyl (C=O) groups excluding carboxylic acids is 1. The smallest absolute Gasteiger partial charge is 0.393 e. The second-order valence-electron chi connectivity index (χ2n) is 12.3. The minimum atomic E-state index is -4.39. The van der Waals surface area contributed by atoms with Gasteiger partial charge in [0.2, 0.25) is 5.91 Å². The monoisotopic (exact) mass is 672 g/mol. The fourth-order valence-electron chi connectivity index (χ4n) is 4.99. The van der Waals surface area contributed by atoms with Crippen LogP contribution >= 0.6 is 7.82 Å². The molecule has 0 heterocycles. The van der Waals surface area contributed by atoms with Crippen molar-refractivity contribution in [2.75, 3.05) is 19.8 Å². The zero-order valence-corrected chi connectivity index (χ0v) is 30.1. The predicted octanol–water partition coefficient (Wildman–Crippen LogP) is 8.19. The van der Waals surface area contributed by atoms with E-state index in [1.807, 2.05) is 6.08 Å². The molecule has 10 heteroatoms. The van der Waals surface area contributed by atoms with Gasteiger partial charge in [0.1, 0.15) is 0 Å². The molecule has 46 heavy (non-hydrogen) atoms. The van der Waals surface area contributed by atoms with Crippen LogP contribution in [0.3, 0.4) is 0 Å². The molecular weight excluding hydrogens is 603 g/mol. The molecule has 0 saturated carbocycles. The largest absolute Gasteiger partial charge is 0.472 e. The average molecular weight is 673 g/mol. The van der Waals surface area contributed by atoms with Crippen molar-refractivity contribution in [2.24, 2.45) is 5.73 Å². The first-order valence-corrected chi connectivity index (χ1v) is 19.7. The average Bonchev–Trinajstić information content (AvgIpc) is 3.03. The number of nitrogens with one attached hydrogen (secondary N) is 1. The zero-order valence-electron chi connectivity index (χ0n) is 29.2. The Morgan fingerprint density at radius 3 is 1.85 bits per heavy atom. The summed E-state index contributed by atoms with van der Waals surface area (Å²) in [4.78, 5) is 22.6. The van der Waals surface area contributed by atoms with Gasteiger partial charge in [-0.15, -0.1) is 0 Å². The molecular formula is C36H69N2O7P. The molecule has 0 aliphatic heterocycles. The Morgan fingerprint density at radius 2 is 1.26 bits per heavy atom. The number of rotatable bonds is 33. The highest BCUT2D eigenvalue weighted by Gasteiger charge is 2.27. The lowest BCUT2D eigenvalue weighted by molar-refractivity contribution is -0.124. The molecule has 0 fully saturated rings. The van der Waals surface area contributed by atoms with Crippen molar-refractivity contribution in [2.45, 2.75) is 167 Å². The Labute approximate surface area is 281 Å². The SMILES string of the molecule is CCCCC/C=C\C=C/CCCCCCC(O)CC(=O)NC(COP(=O)(O)OCCN)C(O)/C=C/CCCCCCCCCCC. The van der Waals surface area contributed by atoms with Crippen LogP contribution in [0.2, 0.25) is 0 Å². The third kappa shape index (κ3) is 30.0. The fraction of sp³-hybridized carbons (Fsp3) is 0.806. The van der Waals surface area contributed by atoms with Gasteiger partial charge >= 0.3 is 7.82 Å². The lowest BCUT2D eigenvalue weighted by atomic mass is 10.0. The molecule has 0 aliphatic carbocycles. The summed E-state index contributed by atoms with van der Waals surface area (Å²) >= 11 is 0. The Kier molecular flexibility index (Phi) is 31.3. The Bertz CT molecular complexity index is 837. The molecule has 0 aromatic carbocycles. The first-order valence-electron chi connectivity index (χ1n) is 18.2. The van der Waals surface area contributed by atoms with E-state index in [9.17, 15) is 24.5 Å². The van der Waals surface area contributed by atoms with Gasteiger partial charge in [0.15, 0.2) is 0 Å². The molecule has 9 nitrogen and oxygen atoms in total. The van der Waals surface area contributed by atoms with Gasteiger partial charge in [-0.1, -0.05) is 134 Å². The van der Waals surface area contributed by atoms with E-state index in [1.54, 1.807) is 6.08 Å². The van der Waals surface area contributed by atoms with E-state index < -0.39 is 38.6 Å². The maximum absolute atomic E-state index is 12.7. The second-order valence-corrected chi connectivity index (χ2v) is 13.8. The minimum absolute atomic E-state index is 0.0457. The van der Waals surface area contributed by atoms with Gasteiger partial charge in [0.05, 0.1) is 37.9 Å². The van der Waals surface area contributed by atoms with E-state index in [0.717, 1.165) is 57.8 Å². The van der Waals surface area contributed by atoms with Gasteiger partial charge < -0.3 is 26.2 Å². The number of amides is 1. The number of hydrogen-bond donors (Lipinski definition) is 5. The molecule has 4 unspecified atom stereocenters. The Balaban J connectivity index is 4.51. The van der Waals surface area contributed by atoms with E-state index in [2.05, 4.69) is 43.5 Å². The van der Waals surface area contributed by atoms with E-state index >= 15 is 0 Å². The van der Waals surface area contributed by atoms with Crippen molar-refractivity contribution in [1.82, 2.24) is 5.32 Å². The van der Waals surface area contributed by atoms with Gasteiger partial charge in [0, 0.05) is 6.54 Å². The van der Waals surface area contributed by atoms with E-state index in [4.69, 9.17) is 14.8 Å². The van der Waals surface area contributed by atoms with Crippen molar-refractivity contribution in [3.05, 3.63) is 36.5 Å². The first-order chi connectivity index (χ1) is 22.3. The summed E-state index contributed by atoms with van der Waals surface area (Å²) in [6.45, 7) is 3.88. The van der Waals surface area contributed by atoms with Crippen molar-refractivity contribution in [1.29, 1.82) is 0 Å². The lowest BCUT2D eigenvalue weighted by Gasteiger charge is -2.24. The first kappa shape index (κ1) is 44.7. The molecule has 1 amide bonds. The van der Waals surface area contributed by atoms with E-state index in [1.165, 1.54) is 64.2 Å². The maximum Gasteiger partial charge on any atom is 0.472 e. The highest BCUT2D eigenvalue weighted by atomic mass is 31.2. The summed E-state index contributed by atoms with van der Waals surface area (Å²) in [5.41, 5.74) is 5.33. The number of phosphoric acid groups is 1. The minimum Gasteiger partial charge on any atom is -0.393 e. The third-order valence-electron chi connectivity index (χ3n) is 7.79. The molecule has 0 saturated heterocycles. The highest BCUT2D eigenvalue weighted by Crippen LogP contribution is 2.43.